The lowest BCUT2D eigenvalue weighted by molar-refractivity contribution is -0.112. The SMILES string of the molecule is COc1ccccc1NC(=O)C=C(F)Sc1ccc(C)cc1. The quantitative estimate of drug-likeness (QED) is 0.649. The third-order valence-corrected chi connectivity index (χ3v) is 3.67. The van der Waals surface area contributed by atoms with Crippen molar-refractivity contribution in [3.05, 3.63) is 65.3 Å². The molecule has 0 fully saturated rings. The maximum absolute atomic E-state index is 13.9. The Morgan fingerprint density at radius 3 is 2.55 bits per heavy atom. The smallest absolute Gasteiger partial charge is 0.251 e. The number of hydrogen-bond donors (Lipinski definition) is 1. The molecule has 0 saturated carbocycles. The first-order chi connectivity index (χ1) is 10.6. The molecule has 1 N–H and O–H groups in total. The maximum Gasteiger partial charge on any atom is 0.251 e. The molecule has 0 aliphatic heterocycles. The van der Waals surface area contributed by atoms with Gasteiger partial charge >= 0.3 is 0 Å². The summed E-state index contributed by atoms with van der Waals surface area (Å²) in [5.74, 6) is -0.0162. The molecule has 114 valence electrons. The zero-order chi connectivity index (χ0) is 15.9. The van der Waals surface area contributed by atoms with Gasteiger partial charge in [-0.05, 0) is 31.2 Å². The van der Waals surface area contributed by atoms with Crippen LogP contribution in [0.2, 0.25) is 0 Å². The Labute approximate surface area is 133 Å². The van der Waals surface area contributed by atoms with E-state index in [2.05, 4.69) is 5.32 Å². The maximum atomic E-state index is 13.9. The van der Waals surface area contributed by atoms with Gasteiger partial charge in [-0.1, -0.05) is 41.6 Å². The Bertz CT molecular complexity index is 683. The number of nitrogens with one attached hydrogen (secondary N) is 1. The van der Waals surface area contributed by atoms with E-state index in [9.17, 15) is 9.18 Å². The van der Waals surface area contributed by atoms with Crippen LogP contribution in [0.5, 0.6) is 5.75 Å². The second-order valence-corrected chi connectivity index (χ2v) is 5.62. The fourth-order valence-corrected chi connectivity index (χ4v) is 2.43. The van der Waals surface area contributed by atoms with Gasteiger partial charge in [-0.25, -0.2) is 0 Å². The van der Waals surface area contributed by atoms with Gasteiger partial charge in [0.05, 0.1) is 12.8 Å². The highest BCUT2D eigenvalue weighted by Gasteiger charge is 2.07. The van der Waals surface area contributed by atoms with Crippen molar-refractivity contribution in [2.75, 3.05) is 12.4 Å². The lowest BCUT2D eigenvalue weighted by atomic mass is 10.2. The van der Waals surface area contributed by atoms with Crippen molar-refractivity contribution in [3.63, 3.8) is 0 Å². The Balaban J connectivity index is 2.01. The van der Waals surface area contributed by atoms with Gasteiger partial charge in [0.15, 0.2) is 5.16 Å². The standard InChI is InChI=1S/C17H16FNO2S/c1-12-7-9-13(10-8-12)22-16(18)11-17(20)19-14-5-3-4-6-15(14)21-2/h3-11H,1-2H3,(H,19,20). The summed E-state index contributed by atoms with van der Waals surface area (Å²) >= 11 is 0.903. The van der Waals surface area contributed by atoms with Crippen molar-refractivity contribution >= 4 is 23.4 Å². The molecule has 0 heterocycles. The highest BCUT2D eigenvalue weighted by molar-refractivity contribution is 8.02. The van der Waals surface area contributed by atoms with E-state index >= 15 is 0 Å². The van der Waals surface area contributed by atoms with Crippen LogP contribution in [0.25, 0.3) is 0 Å². The average molecular weight is 317 g/mol. The van der Waals surface area contributed by atoms with E-state index in [0.29, 0.717) is 11.4 Å². The summed E-state index contributed by atoms with van der Waals surface area (Å²) in [5.41, 5.74) is 1.60. The van der Waals surface area contributed by atoms with Crippen molar-refractivity contribution in [3.8, 4) is 5.75 Å². The molecule has 0 aromatic heterocycles. The van der Waals surface area contributed by atoms with Gasteiger partial charge in [-0.3, -0.25) is 4.79 Å². The molecule has 2 rings (SSSR count). The summed E-state index contributed by atoms with van der Waals surface area (Å²) in [7, 11) is 1.51. The van der Waals surface area contributed by atoms with Crippen LogP contribution in [0.3, 0.4) is 0 Å². The van der Waals surface area contributed by atoms with Crippen LogP contribution < -0.4 is 10.1 Å². The number of halogens is 1. The summed E-state index contributed by atoms with van der Waals surface area (Å²) in [6, 6.07) is 14.4. The van der Waals surface area contributed by atoms with Crippen LogP contribution in [0.15, 0.2) is 64.7 Å². The lowest BCUT2D eigenvalue weighted by Gasteiger charge is -2.08. The highest BCUT2D eigenvalue weighted by atomic mass is 32.2. The van der Waals surface area contributed by atoms with E-state index in [-0.39, 0.29) is 0 Å². The second kappa shape index (κ2) is 7.66. The number of thioether (sulfide) groups is 1. The first-order valence-corrected chi connectivity index (χ1v) is 7.46. The monoisotopic (exact) mass is 317 g/mol. The largest absolute Gasteiger partial charge is 0.495 e. The van der Waals surface area contributed by atoms with Crippen LogP contribution in [0, 0.1) is 6.92 Å². The first-order valence-electron chi connectivity index (χ1n) is 6.64. The molecule has 0 saturated heterocycles. The van der Waals surface area contributed by atoms with Gasteiger partial charge in [-0.15, -0.1) is 0 Å². The Morgan fingerprint density at radius 1 is 1.18 bits per heavy atom. The summed E-state index contributed by atoms with van der Waals surface area (Å²) in [4.78, 5) is 12.6. The van der Waals surface area contributed by atoms with Crippen LogP contribution >= 0.6 is 11.8 Å². The summed E-state index contributed by atoms with van der Waals surface area (Å²) in [5, 5.41) is 2.02. The van der Waals surface area contributed by atoms with E-state index in [1.54, 1.807) is 24.3 Å². The molecular weight excluding hydrogens is 301 g/mol. The van der Waals surface area contributed by atoms with E-state index in [0.717, 1.165) is 28.3 Å². The number of hydrogen-bond acceptors (Lipinski definition) is 3. The average Bonchev–Trinajstić information content (AvgIpc) is 2.50. The number of anilines is 1. The summed E-state index contributed by atoms with van der Waals surface area (Å²) in [6.45, 7) is 1.96. The van der Waals surface area contributed by atoms with Crippen LogP contribution in [-0.4, -0.2) is 13.0 Å². The molecule has 1 amide bonds. The number of carbonyl (C=O) groups excluding carboxylic acids is 1. The van der Waals surface area contributed by atoms with E-state index in [4.69, 9.17) is 4.74 Å². The van der Waals surface area contributed by atoms with Gasteiger partial charge in [0, 0.05) is 11.0 Å². The third-order valence-electron chi connectivity index (χ3n) is 2.85. The van der Waals surface area contributed by atoms with Gasteiger partial charge in [-0.2, -0.15) is 4.39 Å². The number of aryl methyl sites for hydroxylation is 1. The van der Waals surface area contributed by atoms with Gasteiger partial charge in [0.1, 0.15) is 5.75 Å². The van der Waals surface area contributed by atoms with Gasteiger partial charge in [0.25, 0.3) is 5.91 Å². The Kier molecular flexibility index (Phi) is 5.61. The predicted octanol–water partition coefficient (Wildman–Crippen LogP) is 4.55. The van der Waals surface area contributed by atoms with E-state index in [1.165, 1.54) is 7.11 Å². The van der Waals surface area contributed by atoms with E-state index in [1.807, 2.05) is 31.2 Å². The molecule has 0 bridgehead atoms. The normalized spacial score (nSPS) is 11.1. The molecule has 5 heteroatoms. The molecule has 0 atom stereocenters. The van der Waals surface area contributed by atoms with Crippen molar-refractivity contribution in [1.82, 2.24) is 0 Å². The minimum atomic E-state index is -0.573. The van der Waals surface area contributed by atoms with Crippen molar-refractivity contribution in [2.24, 2.45) is 0 Å². The van der Waals surface area contributed by atoms with Crippen LogP contribution in [0.1, 0.15) is 5.56 Å². The number of amides is 1. The van der Waals surface area contributed by atoms with Crippen molar-refractivity contribution < 1.29 is 13.9 Å². The molecule has 2 aromatic carbocycles. The Morgan fingerprint density at radius 2 is 1.86 bits per heavy atom. The number of carbonyl (C=O) groups is 1. The van der Waals surface area contributed by atoms with Gasteiger partial charge in [0.2, 0.25) is 0 Å². The zero-order valence-electron chi connectivity index (χ0n) is 12.3. The number of methoxy groups -OCH3 is 1. The Hall–Kier alpha value is -2.27. The topological polar surface area (TPSA) is 38.3 Å². The molecule has 0 aliphatic rings. The predicted molar refractivity (Wildman–Crippen MR) is 87.9 cm³/mol. The summed E-state index contributed by atoms with van der Waals surface area (Å²) < 4.78 is 19.0. The van der Waals surface area contributed by atoms with Crippen molar-refractivity contribution in [1.29, 1.82) is 0 Å². The van der Waals surface area contributed by atoms with Crippen LogP contribution in [0.4, 0.5) is 10.1 Å². The minimum Gasteiger partial charge on any atom is -0.495 e. The molecule has 2 aromatic rings. The second-order valence-electron chi connectivity index (χ2n) is 4.55. The molecule has 22 heavy (non-hydrogen) atoms. The number of ether oxygens (including phenoxy) is 1. The number of para-hydroxylation sites is 2. The zero-order valence-corrected chi connectivity index (χ0v) is 13.1. The third kappa shape index (κ3) is 4.63. The van der Waals surface area contributed by atoms with Crippen molar-refractivity contribution in [2.45, 2.75) is 11.8 Å². The number of rotatable bonds is 5. The minimum absolute atomic E-state index is 0.499. The first kappa shape index (κ1) is 16.1. The molecule has 0 spiro atoms. The van der Waals surface area contributed by atoms with Crippen LogP contribution in [-0.2, 0) is 4.79 Å². The molecule has 3 nitrogen and oxygen atoms in total. The van der Waals surface area contributed by atoms with E-state index < -0.39 is 11.1 Å². The fraction of sp³-hybridized carbons (Fsp3) is 0.118. The lowest BCUT2D eigenvalue weighted by Crippen LogP contribution is -2.09. The molecule has 0 unspecified atom stereocenters. The number of benzene rings is 2. The summed E-state index contributed by atoms with van der Waals surface area (Å²) in [6.07, 6.45) is 0.928. The molecule has 0 radical (unpaired) electrons. The molecule has 0 aliphatic carbocycles. The highest BCUT2D eigenvalue weighted by Crippen LogP contribution is 2.28. The fourth-order valence-electron chi connectivity index (χ4n) is 1.77. The van der Waals surface area contributed by atoms with Gasteiger partial charge < -0.3 is 10.1 Å². The molecular formula is C17H16FNO2S.